The SMILES string of the molecule is CC(C)(C)OC(=O)NCCCN1CCOc2c(Br)cc(Br)nc21. The van der Waals surface area contributed by atoms with E-state index in [0.29, 0.717) is 13.2 Å². The van der Waals surface area contributed by atoms with Crippen LogP contribution in [-0.4, -0.2) is 42.9 Å². The van der Waals surface area contributed by atoms with E-state index in [1.807, 2.05) is 26.8 Å². The zero-order chi connectivity index (χ0) is 17.0. The summed E-state index contributed by atoms with van der Waals surface area (Å²) in [5.74, 6) is 1.58. The van der Waals surface area contributed by atoms with E-state index in [-0.39, 0.29) is 6.09 Å². The highest BCUT2D eigenvalue weighted by Gasteiger charge is 2.22. The third-order valence-electron chi connectivity index (χ3n) is 3.06. The quantitative estimate of drug-likeness (QED) is 0.559. The Kier molecular flexibility index (Phi) is 6.13. The molecule has 0 bridgehead atoms. The first-order chi connectivity index (χ1) is 10.8. The number of anilines is 1. The Hall–Kier alpha value is -1.02. The van der Waals surface area contributed by atoms with Gasteiger partial charge in [-0.05, 0) is 65.1 Å². The topological polar surface area (TPSA) is 63.7 Å². The molecule has 1 N–H and O–H groups in total. The lowest BCUT2D eigenvalue weighted by Gasteiger charge is -2.30. The number of aromatic nitrogens is 1. The van der Waals surface area contributed by atoms with Crippen molar-refractivity contribution in [2.75, 3.05) is 31.1 Å². The molecular weight excluding hydrogens is 430 g/mol. The van der Waals surface area contributed by atoms with Crippen LogP contribution in [0.5, 0.6) is 5.75 Å². The van der Waals surface area contributed by atoms with Gasteiger partial charge in [-0.25, -0.2) is 9.78 Å². The first-order valence-electron chi connectivity index (χ1n) is 7.47. The normalized spacial score (nSPS) is 14.0. The van der Waals surface area contributed by atoms with Crippen molar-refractivity contribution >= 4 is 43.8 Å². The lowest BCUT2D eigenvalue weighted by molar-refractivity contribution is 0.0527. The minimum atomic E-state index is -0.476. The van der Waals surface area contributed by atoms with Crippen molar-refractivity contribution in [3.63, 3.8) is 0 Å². The summed E-state index contributed by atoms with van der Waals surface area (Å²) < 4.78 is 12.5. The van der Waals surface area contributed by atoms with E-state index < -0.39 is 5.60 Å². The summed E-state index contributed by atoms with van der Waals surface area (Å²) in [6.07, 6.45) is 0.410. The molecule has 2 rings (SSSR count). The minimum Gasteiger partial charge on any atom is -0.487 e. The first-order valence-corrected chi connectivity index (χ1v) is 9.05. The Labute approximate surface area is 153 Å². The van der Waals surface area contributed by atoms with Crippen LogP contribution in [0.1, 0.15) is 27.2 Å². The number of nitrogens with one attached hydrogen (secondary N) is 1. The summed E-state index contributed by atoms with van der Waals surface area (Å²) in [4.78, 5) is 18.3. The Morgan fingerprint density at radius 2 is 2.22 bits per heavy atom. The second-order valence-corrected chi connectivity index (χ2v) is 7.86. The molecule has 128 valence electrons. The van der Waals surface area contributed by atoms with Gasteiger partial charge in [-0.2, -0.15) is 0 Å². The number of alkyl carbamates (subject to hydrolysis) is 1. The third kappa shape index (κ3) is 5.53. The molecule has 0 spiro atoms. The van der Waals surface area contributed by atoms with E-state index in [9.17, 15) is 4.79 Å². The molecule has 2 heterocycles. The predicted octanol–water partition coefficient (Wildman–Crippen LogP) is 3.72. The number of rotatable bonds is 4. The largest absolute Gasteiger partial charge is 0.487 e. The zero-order valence-electron chi connectivity index (χ0n) is 13.5. The molecule has 8 heteroatoms. The number of carbonyl (C=O) groups excluding carboxylic acids is 1. The number of halogens is 2. The van der Waals surface area contributed by atoms with Gasteiger partial charge in [-0.15, -0.1) is 0 Å². The lowest BCUT2D eigenvalue weighted by atomic mass is 10.2. The first kappa shape index (κ1) is 18.3. The molecule has 0 unspecified atom stereocenters. The van der Waals surface area contributed by atoms with Crippen LogP contribution in [0.3, 0.4) is 0 Å². The van der Waals surface area contributed by atoms with Crippen molar-refractivity contribution in [1.82, 2.24) is 10.3 Å². The minimum absolute atomic E-state index is 0.386. The van der Waals surface area contributed by atoms with Gasteiger partial charge in [0.2, 0.25) is 0 Å². The monoisotopic (exact) mass is 449 g/mol. The fourth-order valence-corrected chi connectivity index (χ4v) is 3.38. The molecule has 0 aliphatic carbocycles. The van der Waals surface area contributed by atoms with Crippen LogP contribution in [0.25, 0.3) is 0 Å². The molecule has 0 fully saturated rings. The highest BCUT2D eigenvalue weighted by molar-refractivity contribution is 9.11. The molecule has 1 aliphatic rings. The second kappa shape index (κ2) is 7.70. The number of amides is 1. The van der Waals surface area contributed by atoms with E-state index in [1.165, 1.54) is 0 Å². The molecule has 6 nitrogen and oxygen atoms in total. The van der Waals surface area contributed by atoms with Gasteiger partial charge in [0.05, 0.1) is 11.0 Å². The van der Waals surface area contributed by atoms with Crippen molar-refractivity contribution < 1.29 is 14.3 Å². The van der Waals surface area contributed by atoms with E-state index in [2.05, 4.69) is 47.1 Å². The number of ether oxygens (including phenoxy) is 2. The smallest absolute Gasteiger partial charge is 0.407 e. The summed E-state index contributed by atoms with van der Waals surface area (Å²) in [5, 5.41) is 2.77. The van der Waals surface area contributed by atoms with E-state index >= 15 is 0 Å². The van der Waals surface area contributed by atoms with E-state index in [4.69, 9.17) is 9.47 Å². The summed E-state index contributed by atoms with van der Waals surface area (Å²) in [6.45, 7) is 8.26. The van der Waals surface area contributed by atoms with Crippen molar-refractivity contribution in [2.24, 2.45) is 0 Å². The fourth-order valence-electron chi connectivity index (χ4n) is 2.17. The van der Waals surface area contributed by atoms with Gasteiger partial charge in [-0.3, -0.25) is 0 Å². The molecule has 1 aromatic heterocycles. The average Bonchev–Trinajstić information content (AvgIpc) is 2.42. The van der Waals surface area contributed by atoms with Crippen LogP contribution in [0.15, 0.2) is 15.1 Å². The van der Waals surface area contributed by atoms with Crippen LogP contribution < -0.4 is 15.0 Å². The van der Waals surface area contributed by atoms with Crippen LogP contribution >= 0.6 is 31.9 Å². The highest BCUT2D eigenvalue weighted by Crippen LogP contribution is 2.38. The van der Waals surface area contributed by atoms with Crippen LogP contribution in [0.2, 0.25) is 0 Å². The molecule has 0 saturated carbocycles. The number of carbonyl (C=O) groups is 1. The van der Waals surface area contributed by atoms with E-state index in [1.54, 1.807) is 0 Å². The lowest BCUT2D eigenvalue weighted by Crippen LogP contribution is -2.37. The van der Waals surface area contributed by atoms with E-state index in [0.717, 1.165) is 40.2 Å². The Bertz CT molecular complexity index is 576. The number of hydrogen-bond donors (Lipinski definition) is 1. The van der Waals surface area contributed by atoms with Gasteiger partial charge in [0.15, 0.2) is 11.6 Å². The average molecular weight is 451 g/mol. The maximum atomic E-state index is 11.6. The molecule has 1 aromatic rings. The van der Waals surface area contributed by atoms with Gasteiger partial charge < -0.3 is 19.7 Å². The van der Waals surface area contributed by atoms with Gasteiger partial charge >= 0.3 is 6.09 Å². The number of hydrogen-bond acceptors (Lipinski definition) is 5. The third-order valence-corrected chi connectivity index (χ3v) is 4.05. The van der Waals surface area contributed by atoms with Gasteiger partial charge in [-0.1, -0.05) is 0 Å². The molecule has 0 saturated heterocycles. The Balaban J connectivity index is 1.85. The Morgan fingerprint density at radius 3 is 2.91 bits per heavy atom. The molecule has 0 radical (unpaired) electrons. The summed E-state index contributed by atoms with van der Waals surface area (Å²) in [5.41, 5.74) is -0.476. The predicted molar refractivity (Wildman–Crippen MR) is 96.2 cm³/mol. The van der Waals surface area contributed by atoms with Crippen molar-refractivity contribution in [3.8, 4) is 5.75 Å². The van der Waals surface area contributed by atoms with Gasteiger partial charge in [0.25, 0.3) is 0 Å². The van der Waals surface area contributed by atoms with Gasteiger partial charge in [0, 0.05) is 13.1 Å². The number of nitrogens with zero attached hydrogens (tertiary/aromatic N) is 2. The maximum absolute atomic E-state index is 11.6. The van der Waals surface area contributed by atoms with Gasteiger partial charge in [0.1, 0.15) is 16.8 Å². The summed E-state index contributed by atoms with van der Waals surface area (Å²) in [7, 11) is 0. The molecule has 23 heavy (non-hydrogen) atoms. The van der Waals surface area contributed by atoms with Crippen molar-refractivity contribution in [1.29, 1.82) is 0 Å². The Morgan fingerprint density at radius 1 is 1.48 bits per heavy atom. The number of fused-ring (bicyclic) bond motifs is 1. The number of pyridine rings is 1. The van der Waals surface area contributed by atoms with Crippen LogP contribution in [-0.2, 0) is 4.74 Å². The van der Waals surface area contributed by atoms with Crippen molar-refractivity contribution in [3.05, 3.63) is 15.1 Å². The molecule has 0 atom stereocenters. The fraction of sp³-hybridized carbons (Fsp3) is 0.600. The molecule has 1 aliphatic heterocycles. The summed E-state index contributed by atoms with van der Waals surface area (Å²) in [6, 6.07) is 1.87. The van der Waals surface area contributed by atoms with Crippen LogP contribution in [0, 0.1) is 0 Å². The summed E-state index contributed by atoms with van der Waals surface area (Å²) >= 11 is 6.89. The van der Waals surface area contributed by atoms with Crippen molar-refractivity contribution in [2.45, 2.75) is 32.8 Å². The van der Waals surface area contributed by atoms with Crippen LogP contribution in [0.4, 0.5) is 10.6 Å². The molecular formula is C15H21Br2N3O3. The molecule has 0 aromatic carbocycles. The maximum Gasteiger partial charge on any atom is 0.407 e. The second-order valence-electron chi connectivity index (χ2n) is 6.20. The standard InChI is InChI=1S/C15H21Br2N3O3/c1-15(2,3)23-14(21)18-5-4-6-20-7-8-22-12-10(16)9-11(17)19-13(12)20/h9H,4-8H2,1-3H3,(H,18,21). The molecule has 1 amide bonds. The zero-order valence-corrected chi connectivity index (χ0v) is 16.7. The highest BCUT2D eigenvalue weighted by atomic mass is 79.9.